The van der Waals surface area contributed by atoms with E-state index in [1.165, 1.54) is 7.11 Å². The van der Waals surface area contributed by atoms with Gasteiger partial charge in [0, 0.05) is 0 Å². The van der Waals surface area contributed by atoms with Crippen molar-refractivity contribution in [1.82, 2.24) is 5.32 Å². The number of rotatable bonds is 5. The maximum Gasteiger partial charge on any atom is 0.408 e. The Kier molecular flexibility index (Phi) is 5.85. The minimum absolute atomic E-state index is 0.0652. The first-order chi connectivity index (χ1) is 11.8. The number of nitrogens with one attached hydrogen (secondary N) is 1. The van der Waals surface area contributed by atoms with Crippen LogP contribution in [0.4, 0.5) is 4.79 Å². The van der Waals surface area contributed by atoms with Crippen LogP contribution in [0, 0.1) is 0 Å². The Morgan fingerprint density at radius 2 is 1.76 bits per heavy atom. The molecule has 0 unspecified atom stereocenters. The minimum Gasteiger partial charge on any atom is -0.491 e. The first kappa shape index (κ1) is 18.6. The molecule has 2 aromatic carbocycles. The molecule has 0 fully saturated rings. The molecule has 0 bridgehead atoms. The summed E-state index contributed by atoms with van der Waals surface area (Å²) in [5.74, 6) is -0.00904. The summed E-state index contributed by atoms with van der Waals surface area (Å²) in [7, 11) is 1.25. The fourth-order valence-corrected chi connectivity index (χ4v) is 2.20. The quantitative estimate of drug-likeness (QED) is 0.842. The van der Waals surface area contributed by atoms with Crippen molar-refractivity contribution >= 4 is 22.8 Å². The van der Waals surface area contributed by atoms with Crippen LogP contribution in [-0.2, 0) is 14.3 Å². The SMILES string of the molecule is COC(=O)[C@H](COc1ccc2ccccc2c1)NC(=O)OC(C)(C)C. The van der Waals surface area contributed by atoms with Crippen LogP contribution in [0.15, 0.2) is 42.5 Å². The number of ether oxygens (including phenoxy) is 3. The molecule has 2 aromatic rings. The predicted molar refractivity (Wildman–Crippen MR) is 94.6 cm³/mol. The number of alkyl carbamates (subject to hydrolysis) is 1. The van der Waals surface area contributed by atoms with Gasteiger partial charge in [-0.25, -0.2) is 9.59 Å². The second kappa shape index (κ2) is 7.88. The highest BCUT2D eigenvalue weighted by Gasteiger charge is 2.25. The average molecular weight is 345 g/mol. The van der Waals surface area contributed by atoms with Crippen molar-refractivity contribution in [2.45, 2.75) is 32.4 Å². The van der Waals surface area contributed by atoms with Gasteiger partial charge in [-0.05, 0) is 43.7 Å². The van der Waals surface area contributed by atoms with E-state index >= 15 is 0 Å². The average Bonchev–Trinajstić information content (AvgIpc) is 2.56. The monoisotopic (exact) mass is 345 g/mol. The molecule has 6 nitrogen and oxygen atoms in total. The predicted octanol–water partition coefficient (Wildman–Crippen LogP) is 3.28. The summed E-state index contributed by atoms with van der Waals surface area (Å²) in [4.78, 5) is 23.8. The summed E-state index contributed by atoms with van der Waals surface area (Å²) in [6.45, 7) is 5.16. The van der Waals surface area contributed by atoms with Crippen LogP contribution in [-0.4, -0.2) is 37.4 Å². The molecular formula is C19H23NO5. The summed E-state index contributed by atoms with van der Waals surface area (Å²) < 4.78 is 15.5. The minimum atomic E-state index is -0.966. The summed E-state index contributed by atoms with van der Waals surface area (Å²) in [5, 5.41) is 4.58. The van der Waals surface area contributed by atoms with Crippen molar-refractivity contribution in [3.63, 3.8) is 0 Å². The molecule has 6 heteroatoms. The van der Waals surface area contributed by atoms with Gasteiger partial charge in [0.2, 0.25) is 0 Å². The highest BCUT2D eigenvalue weighted by atomic mass is 16.6. The third-order valence-electron chi connectivity index (χ3n) is 3.31. The maximum absolute atomic E-state index is 11.9. The maximum atomic E-state index is 11.9. The van der Waals surface area contributed by atoms with E-state index in [1.807, 2.05) is 42.5 Å². The highest BCUT2D eigenvalue weighted by molar-refractivity contribution is 5.84. The number of fused-ring (bicyclic) bond motifs is 1. The lowest BCUT2D eigenvalue weighted by atomic mass is 10.1. The van der Waals surface area contributed by atoms with Gasteiger partial charge in [0.05, 0.1) is 7.11 Å². The number of amides is 1. The number of hydrogen-bond acceptors (Lipinski definition) is 5. The zero-order valence-electron chi connectivity index (χ0n) is 14.9. The number of benzene rings is 2. The second-order valence-electron chi connectivity index (χ2n) is 6.54. The molecule has 0 spiro atoms. The largest absolute Gasteiger partial charge is 0.491 e. The number of esters is 1. The van der Waals surface area contributed by atoms with Gasteiger partial charge >= 0.3 is 12.1 Å². The van der Waals surface area contributed by atoms with E-state index in [1.54, 1.807) is 20.8 Å². The Balaban J connectivity index is 2.03. The molecule has 0 saturated heterocycles. The zero-order chi connectivity index (χ0) is 18.4. The van der Waals surface area contributed by atoms with E-state index in [-0.39, 0.29) is 6.61 Å². The van der Waals surface area contributed by atoms with Gasteiger partial charge in [-0.2, -0.15) is 0 Å². The van der Waals surface area contributed by atoms with Crippen molar-refractivity contribution in [3.05, 3.63) is 42.5 Å². The lowest BCUT2D eigenvalue weighted by Crippen LogP contribution is -2.47. The van der Waals surface area contributed by atoms with Crippen LogP contribution < -0.4 is 10.1 Å². The number of methoxy groups -OCH3 is 1. The Bertz CT molecular complexity index is 751. The standard InChI is InChI=1S/C19H23NO5/c1-19(2,3)25-18(22)20-16(17(21)23-4)12-24-15-10-9-13-7-5-6-8-14(13)11-15/h5-11,16H,12H2,1-4H3,(H,20,22)/t16-/m0/s1. The normalized spacial score (nSPS) is 12.3. The Labute approximate surface area is 147 Å². The molecule has 0 saturated carbocycles. The smallest absolute Gasteiger partial charge is 0.408 e. The first-order valence-corrected chi connectivity index (χ1v) is 7.97. The molecule has 0 aliphatic heterocycles. The first-order valence-electron chi connectivity index (χ1n) is 7.97. The van der Waals surface area contributed by atoms with E-state index in [9.17, 15) is 9.59 Å². The van der Waals surface area contributed by atoms with Crippen molar-refractivity contribution in [2.24, 2.45) is 0 Å². The van der Waals surface area contributed by atoms with Crippen molar-refractivity contribution < 1.29 is 23.8 Å². The summed E-state index contributed by atoms with van der Waals surface area (Å²) in [6.07, 6.45) is -0.704. The fraction of sp³-hybridized carbons (Fsp3) is 0.368. The summed E-state index contributed by atoms with van der Waals surface area (Å²) >= 11 is 0. The molecule has 1 amide bonds. The van der Waals surface area contributed by atoms with Crippen molar-refractivity contribution in [3.8, 4) is 5.75 Å². The van der Waals surface area contributed by atoms with Crippen LogP contribution in [0.1, 0.15) is 20.8 Å². The molecule has 1 atom stereocenters. The van der Waals surface area contributed by atoms with E-state index in [0.29, 0.717) is 5.75 Å². The molecular weight excluding hydrogens is 322 g/mol. The topological polar surface area (TPSA) is 73.9 Å². The molecule has 1 N–H and O–H groups in total. The van der Waals surface area contributed by atoms with Gasteiger partial charge in [-0.1, -0.05) is 30.3 Å². The molecule has 0 aliphatic rings. The fourth-order valence-electron chi connectivity index (χ4n) is 2.20. The van der Waals surface area contributed by atoms with Gasteiger partial charge in [0.15, 0.2) is 6.04 Å². The van der Waals surface area contributed by atoms with Gasteiger partial charge in [-0.3, -0.25) is 0 Å². The van der Waals surface area contributed by atoms with Gasteiger partial charge < -0.3 is 19.5 Å². The Morgan fingerprint density at radius 1 is 1.08 bits per heavy atom. The third kappa shape index (κ3) is 5.67. The molecule has 134 valence electrons. The van der Waals surface area contributed by atoms with E-state index in [4.69, 9.17) is 14.2 Å². The van der Waals surface area contributed by atoms with E-state index in [2.05, 4.69) is 5.32 Å². The summed E-state index contributed by atoms with van der Waals surface area (Å²) in [6, 6.07) is 12.5. The van der Waals surface area contributed by atoms with Crippen LogP contribution >= 0.6 is 0 Å². The van der Waals surface area contributed by atoms with Crippen LogP contribution in [0.25, 0.3) is 10.8 Å². The van der Waals surface area contributed by atoms with Crippen LogP contribution in [0.3, 0.4) is 0 Å². The Morgan fingerprint density at radius 3 is 2.40 bits per heavy atom. The molecule has 25 heavy (non-hydrogen) atoms. The van der Waals surface area contributed by atoms with Gasteiger partial charge in [0.25, 0.3) is 0 Å². The zero-order valence-corrected chi connectivity index (χ0v) is 14.9. The number of carbonyl (C=O) groups excluding carboxylic acids is 2. The van der Waals surface area contributed by atoms with Crippen molar-refractivity contribution in [2.75, 3.05) is 13.7 Å². The molecule has 0 aliphatic carbocycles. The lowest BCUT2D eigenvalue weighted by Gasteiger charge is -2.22. The van der Waals surface area contributed by atoms with E-state index in [0.717, 1.165) is 10.8 Å². The Hall–Kier alpha value is -2.76. The second-order valence-corrected chi connectivity index (χ2v) is 6.54. The number of carbonyl (C=O) groups is 2. The summed E-state index contributed by atoms with van der Waals surface area (Å²) in [5.41, 5.74) is -0.663. The molecule has 2 rings (SSSR count). The van der Waals surface area contributed by atoms with Crippen LogP contribution in [0.2, 0.25) is 0 Å². The molecule has 0 heterocycles. The molecule has 0 radical (unpaired) electrons. The highest BCUT2D eigenvalue weighted by Crippen LogP contribution is 2.20. The van der Waals surface area contributed by atoms with E-state index < -0.39 is 23.7 Å². The third-order valence-corrected chi connectivity index (χ3v) is 3.31. The van der Waals surface area contributed by atoms with Gasteiger partial charge in [0.1, 0.15) is 18.0 Å². The van der Waals surface area contributed by atoms with Crippen molar-refractivity contribution in [1.29, 1.82) is 0 Å². The lowest BCUT2D eigenvalue weighted by molar-refractivity contribution is -0.143. The van der Waals surface area contributed by atoms with Gasteiger partial charge in [-0.15, -0.1) is 0 Å². The molecule has 0 aromatic heterocycles. The van der Waals surface area contributed by atoms with Crippen LogP contribution in [0.5, 0.6) is 5.75 Å². The number of hydrogen-bond donors (Lipinski definition) is 1.